The molecule has 11 nitrogen and oxygen atoms in total. The topological polar surface area (TPSA) is 162 Å². The molecular formula is C33H41ClF5N5O6. The van der Waals surface area contributed by atoms with Crippen molar-refractivity contribution in [1.29, 1.82) is 0 Å². The third-order valence-electron chi connectivity index (χ3n) is 7.57. The van der Waals surface area contributed by atoms with Gasteiger partial charge in [0.1, 0.15) is 30.6 Å². The van der Waals surface area contributed by atoms with Gasteiger partial charge in [-0.05, 0) is 55.7 Å². The summed E-state index contributed by atoms with van der Waals surface area (Å²) in [7, 11) is 0. The SMILES string of the molecule is CCCC1C(=O)N(C(Cc2ccc(Cl)cc2)C(=O)NCCF)CCN1C(=O)C(Cc1ccc(F)cc1)NC(=O)C(C)(C)N.O=C(O)C(F)(F)F. The number of carbonyl (C=O) groups excluding carboxylic acids is 4. The van der Waals surface area contributed by atoms with Gasteiger partial charge in [0, 0.05) is 37.5 Å². The van der Waals surface area contributed by atoms with Gasteiger partial charge in [0.15, 0.2) is 0 Å². The van der Waals surface area contributed by atoms with Crippen LogP contribution in [0.5, 0.6) is 0 Å². The highest BCUT2D eigenvalue weighted by Gasteiger charge is 2.43. The monoisotopic (exact) mass is 733 g/mol. The molecule has 1 aliphatic heterocycles. The maximum absolute atomic E-state index is 14.0. The Morgan fingerprint density at radius 1 is 1.00 bits per heavy atom. The number of benzene rings is 2. The lowest BCUT2D eigenvalue weighted by Gasteiger charge is -2.44. The number of nitrogens with zero attached hydrogens (tertiary/aromatic N) is 2. The molecular weight excluding hydrogens is 693 g/mol. The Bertz CT molecular complexity index is 1470. The number of rotatable bonds is 13. The molecule has 2 aromatic rings. The quantitative estimate of drug-likeness (QED) is 0.230. The standard InChI is InChI=1S/C31H40ClF2N5O4.C2HF3O2/c1-4-5-25-29(42)39(26(27(40)36-15-14-33)19-21-6-10-22(32)11-7-21)17-16-38(25)28(41)24(37-30(43)31(2,3)35)18-20-8-12-23(34)13-9-20;3-2(4,5)1(6)7/h6-13,24-26H,4-5,14-19,35H2,1-3H3,(H,36,40)(H,37,43);(H,6,7). The minimum atomic E-state index is -5.08. The van der Waals surface area contributed by atoms with Crippen LogP contribution >= 0.6 is 11.6 Å². The molecule has 0 spiro atoms. The minimum Gasteiger partial charge on any atom is -0.475 e. The third-order valence-corrected chi connectivity index (χ3v) is 7.82. The first-order valence-electron chi connectivity index (χ1n) is 15.6. The summed E-state index contributed by atoms with van der Waals surface area (Å²) in [6, 6.07) is 9.56. The van der Waals surface area contributed by atoms with E-state index in [4.69, 9.17) is 27.2 Å². The largest absolute Gasteiger partial charge is 0.490 e. The van der Waals surface area contributed by atoms with Gasteiger partial charge in [-0.25, -0.2) is 13.6 Å². The Morgan fingerprint density at radius 2 is 1.54 bits per heavy atom. The molecule has 0 aliphatic carbocycles. The Morgan fingerprint density at radius 3 is 2.04 bits per heavy atom. The van der Waals surface area contributed by atoms with Crippen LogP contribution in [0.1, 0.15) is 44.7 Å². The number of carbonyl (C=O) groups is 5. The van der Waals surface area contributed by atoms with Crippen molar-refractivity contribution in [2.24, 2.45) is 5.73 Å². The average molecular weight is 734 g/mol. The van der Waals surface area contributed by atoms with Crippen molar-refractivity contribution in [1.82, 2.24) is 20.4 Å². The molecule has 3 atom stereocenters. The lowest BCUT2D eigenvalue weighted by molar-refractivity contribution is -0.192. The van der Waals surface area contributed by atoms with E-state index in [1.807, 2.05) is 6.92 Å². The first-order valence-corrected chi connectivity index (χ1v) is 16.0. The third kappa shape index (κ3) is 12.5. The van der Waals surface area contributed by atoms with Gasteiger partial charge in [-0.1, -0.05) is 49.2 Å². The van der Waals surface area contributed by atoms with Crippen LogP contribution in [0.3, 0.4) is 0 Å². The summed E-state index contributed by atoms with van der Waals surface area (Å²) in [5, 5.41) is 12.9. The second kappa shape index (κ2) is 18.6. The summed E-state index contributed by atoms with van der Waals surface area (Å²) < 4.78 is 58.2. The van der Waals surface area contributed by atoms with Gasteiger partial charge in [-0.2, -0.15) is 13.2 Å². The molecule has 4 amide bonds. The molecule has 5 N–H and O–H groups in total. The minimum absolute atomic E-state index is 0.0473. The Hall–Kier alpha value is -4.31. The fourth-order valence-electron chi connectivity index (χ4n) is 5.01. The molecule has 1 heterocycles. The highest BCUT2D eigenvalue weighted by molar-refractivity contribution is 6.30. The first kappa shape index (κ1) is 41.9. The van der Waals surface area contributed by atoms with E-state index in [9.17, 15) is 41.1 Å². The van der Waals surface area contributed by atoms with Crippen LogP contribution < -0.4 is 16.4 Å². The van der Waals surface area contributed by atoms with Crippen LogP contribution in [0, 0.1) is 5.82 Å². The van der Waals surface area contributed by atoms with Crippen LogP contribution in [0.15, 0.2) is 48.5 Å². The van der Waals surface area contributed by atoms with E-state index in [0.29, 0.717) is 23.4 Å². The van der Waals surface area contributed by atoms with Crippen molar-refractivity contribution < 1.29 is 51.0 Å². The Balaban J connectivity index is 0.00000112. The van der Waals surface area contributed by atoms with E-state index in [2.05, 4.69) is 10.6 Å². The fraction of sp³-hybridized carbons (Fsp3) is 0.485. The number of nitrogens with one attached hydrogen (secondary N) is 2. The van der Waals surface area contributed by atoms with Crippen LogP contribution in [0.4, 0.5) is 22.0 Å². The molecule has 1 aliphatic rings. The number of halogens is 6. The van der Waals surface area contributed by atoms with Crippen LogP contribution in [-0.4, -0.2) is 101 Å². The number of amides is 4. The first-order chi connectivity index (χ1) is 23.3. The predicted octanol–water partition coefficient (Wildman–Crippen LogP) is 3.41. The van der Waals surface area contributed by atoms with Crippen LogP contribution in [0.25, 0.3) is 0 Å². The molecule has 0 bridgehead atoms. The second-order valence-electron chi connectivity index (χ2n) is 12.1. The lowest BCUT2D eigenvalue weighted by Crippen LogP contribution is -2.66. The fourth-order valence-corrected chi connectivity index (χ4v) is 5.14. The van der Waals surface area contributed by atoms with Gasteiger partial charge in [0.25, 0.3) is 0 Å². The molecule has 17 heteroatoms. The molecule has 0 aromatic heterocycles. The summed E-state index contributed by atoms with van der Waals surface area (Å²) in [6.45, 7) is 4.11. The molecule has 3 rings (SSSR count). The number of carboxylic acid groups (broad SMARTS) is 1. The van der Waals surface area contributed by atoms with E-state index >= 15 is 0 Å². The summed E-state index contributed by atoms with van der Waals surface area (Å²) in [4.78, 5) is 65.9. The van der Waals surface area contributed by atoms with Crippen LogP contribution in [0.2, 0.25) is 5.02 Å². The van der Waals surface area contributed by atoms with Crippen LogP contribution in [-0.2, 0) is 36.8 Å². The average Bonchev–Trinajstić information content (AvgIpc) is 3.04. The van der Waals surface area contributed by atoms with Crippen molar-refractivity contribution >= 4 is 41.2 Å². The zero-order valence-corrected chi connectivity index (χ0v) is 28.5. The lowest BCUT2D eigenvalue weighted by atomic mass is 9.97. The van der Waals surface area contributed by atoms with Crippen molar-refractivity contribution in [3.63, 3.8) is 0 Å². The molecule has 1 saturated heterocycles. The zero-order valence-electron chi connectivity index (χ0n) is 27.7. The summed E-state index contributed by atoms with van der Waals surface area (Å²) >= 11 is 6.02. The molecule has 1 fully saturated rings. The van der Waals surface area contributed by atoms with E-state index < -0.39 is 71.9 Å². The van der Waals surface area contributed by atoms with Gasteiger partial charge in [0.05, 0.1) is 5.54 Å². The van der Waals surface area contributed by atoms with Gasteiger partial charge in [0.2, 0.25) is 23.6 Å². The van der Waals surface area contributed by atoms with Crippen molar-refractivity contribution in [3.05, 3.63) is 70.5 Å². The van der Waals surface area contributed by atoms with Gasteiger partial charge in [-0.15, -0.1) is 0 Å². The highest BCUT2D eigenvalue weighted by atomic mass is 35.5. The van der Waals surface area contributed by atoms with E-state index in [1.165, 1.54) is 47.9 Å². The summed E-state index contributed by atoms with van der Waals surface area (Å²) in [5.41, 5.74) is 6.08. The van der Waals surface area contributed by atoms with Gasteiger partial charge in [-0.3, -0.25) is 19.2 Å². The van der Waals surface area contributed by atoms with E-state index in [1.54, 1.807) is 24.3 Å². The summed E-state index contributed by atoms with van der Waals surface area (Å²) in [6.07, 6.45) is -3.98. The number of aliphatic carboxylic acids is 1. The molecule has 50 heavy (non-hydrogen) atoms. The second-order valence-corrected chi connectivity index (χ2v) is 12.5. The number of nitrogens with two attached hydrogens (primary N) is 1. The smallest absolute Gasteiger partial charge is 0.475 e. The highest BCUT2D eigenvalue weighted by Crippen LogP contribution is 2.23. The van der Waals surface area contributed by atoms with E-state index in [-0.39, 0.29) is 32.5 Å². The van der Waals surface area contributed by atoms with Crippen molar-refractivity contribution in [3.8, 4) is 0 Å². The maximum atomic E-state index is 14.0. The molecule has 3 unspecified atom stereocenters. The number of hydrogen-bond acceptors (Lipinski definition) is 6. The summed E-state index contributed by atoms with van der Waals surface area (Å²) in [5.74, 6) is -5.15. The molecule has 0 radical (unpaired) electrons. The molecule has 0 saturated carbocycles. The number of hydrogen-bond donors (Lipinski definition) is 4. The molecule has 276 valence electrons. The predicted molar refractivity (Wildman–Crippen MR) is 174 cm³/mol. The van der Waals surface area contributed by atoms with Gasteiger partial charge < -0.3 is 31.3 Å². The number of piperazine rings is 1. The molecule has 2 aromatic carbocycles. The maximum Gasteiger partial charge on any atom is 0.490 e. The van der Waals surface area contributed by atoms with Gasteiger partial charge >= 0.3 is 12.1 Å². The normalized spacial score (nSPS) is 16.1. The Kier molecular flexibility index (Phi) is 15.6. The van der Waals surface area contributed by atoms with Crippen molar-refractivity contribution in [2.45, 2.75) is 76.3 Å². The van der Waals surface area contributed by atoms with Crippen molar-refractivity contribution in [2.75, 3.05) is 26.3 Å². The number of alkyl halides is 4. The zero-order chi connectivity index (χ0) is 37.8. The van der Waals surface area contributed by atoms with E-state index in [0.717, 1.165) is 5.56 Å². The number of carboxylic acids is 1. The Labute approximate surface area is 291 Å².